The predicted molar refractivity (Wildman–Crippen MR) is 104 cm³/mol. The summed E-state index contributed by atoms with van der Waals surface area (Å²) in [5.74, 6) is 0. The molecule has 2 aromatic rings. The second-order valence-corrected chi connectivity index (χ2v) is 13.4. The standard InChI is InChI=1S/C18H25IN2O2/c1-18(2,3)16-14-6-4-5-7-15(14)21(17(22)20-16)11-8-19-9-12-23-13-10-19/h4-7H,8-13H2,1-3H3. The van der Waals surface area contributed by atoms with Crippen molar-refractivity contribution in [1.82, 2.24) is 9.55 Å². The Morgan fingerprint density at radius 1 is 1.22 bits per heavy atom. The molecule has 0 spiro atoms. The van der Waals surface area contributed by atoms with E-state index in [-0.39, 0.29) is 11.1 Å². The Balaban J connectivity index is 1.97. The predicted octanol–water partition coefficient (Wildman–Crippen LogP) is 3.23. The van der Waals surface area contributed by atoms with Gasteiger partial charge < -0.3 is 0 Å². The molecule has 0 amide bonds. The summed E-state index contributed by atoms with van der Waals surface area (Å²) in [4.78, 5) is 17.1. The summed E-state index contributed by atoms with van der Waals surface area (Å²) in [5.41, 5.74) is 1.70. The van der Waals surface area contributed by atoms with Gasteiger partial charge in [0.1, 0.15) is 0 Å². The molecule has 23 heavy (non-hydrogen) atoms. The third-order valence-electron chi connectivity index (χ3n) is 4.15. The number of alkyl halides is 3. The molecule has 1 aliphatic heterocycles. The molecular formula is C18H25IN2O2. The fourth-order valence-electron chi connectivity index (χ4n) is 2.93. The molecule has 126 valence electrons. The van der Waals surface area contributed by atoms with Crippen molar-refractivity contribution in [3.63, 3.8) is 0 Å². The number of ether oxygens (including phenoxy) is 1. The van der Waals surface area contributed by atoms with Crippen molar-refractivity contribution < 1.29 is 4.74 Å². The van der Waals surface area contributed by atoms with Gasteiger partial charge >= 0.3 is 145 Å². The molecule has 0 atom stereocenters. The first-order valence-electron chi connectivity index (χ1n) is 8.12. The summed E-state index contributed by atoms with van der Waals surface area (Å²) in [6.45, 7) is 8.98. The molecule has 1 saturated heterocycles. The van der Waals surface area contributed by atoms with Gasteiger partial charge in [-0.25, -0.2) is 0 Å². The van der Waals surface area contributed by atoms with Crippen LogP contribution >= 0.6 is 19.8 Å². The van der Waals surface area contributed by atoms with Crippen LogP contribution in [0.25, 0.3) is 10.9 Å². The number of aryl methyl sites for hydroxylation is 1. The van der Waals surface area contributed by atoms with E-state index in [1.54, 1.807) is 0 Å². The second-order valence-electron chi connectivity index (χ2n) is 6.91. The van der Waals surface area contributed by atoms with Crippen LogP contribution in [0.15, 0.2) is 29.1 Å². The van der Waals surface area contributed by atoms with Gasteiger partial charge in [0, 0.05) is 0 Å². The number of aromatic nitrogens is 2. The summed E-state index contributed by atoms with van der Waals surface area (Å²) >= 11 is -0.935. The molecule has 0 radical (unpaired) electrons. The van der Waals surface area contributed by atoms with Crippen LogP contribution in [-0.2, 0) is 16.7 Å². The number of hydrogen-bond donors (Lipinski definition) is 0. The van der Waals surface area contributed by atoms with Crippen LogP contribution < -0.4 is 5.69 Å². The Morgan fingerprint density at radius 2 is 1.91 bits per heavy atom. The maximum absolute atomic E-state index is 12.6. The summed E-state index contributed by atoms with van der Waals surface area (Å²) in [7, 11) is 0. The molecule has 0 saturated carbocycles. The monoisotopic (exact) mass is 428 g/mol. The Bertz CT molecular complexity index is 743. The summed E-state index contributed by atoms with van der Waals surface area (Å²) in [6, 6.07) is 8.19. The van der Waals surface area contributed by atoms with Crippen molar-refractivity contribution >= 4 is 30.7 Å². The van der Waals surface area contributed by atoms with E-state index in [4.69, 9.17) is 4.74 Å². The first kappa shape index (κ1) is 16.9. The van der Waals surface area contributed by atoms with Gasteiger partial charge in [0.05, 0.1) is 0 Å². The quantitative estimate of drug-likeness (QED) is 0.557. The van der Waals surface area contributed by atoms with E-state index in [1.807, 2.05) is 16.7 Å². The van der Waals surface area contributed by atoms with E-state index in [2.05, 4.69) is 37.9 Å². The molecule has 4 nitrogen and oxygen atoms in total. The molecule has 2 heterocycles. The molecular weight excluding hydrogens is 403 g/mol. The van der Waals surface area contributed by atoms with E-state index < -0.39 is 19.8 Å². The molecule has 3 rings (SSSR count). The summed E-state index contributed by atoms with van der Waals surface area (Å²) in [6.07, 6.45) is 0. The van der Waals surface area contributed by atoms with Crippen molar-refractivity contribution in [1.29, 1.82) is 0 Å². The fraction of sp³-hybridized carbons (Fsp3) is 0.556. The molecule has 0 bridgehead atoms. The van der Waals surface area contributed by atoms with Crippen LogP contribution in [-0.4, -0.2) is 36.0 Å². The van der Waals surface area contributed by atoms with Crippen LogP contribution in [0.1, 0.15) is 26.5 Å². The number of hydrogen-bond acceptors (Lipinski definition) is 3. The van der Waals surface area contributed by atoms with Crippen LogP contribution in [0, 0.1) is 0 Å². The number of fused-ring (bicyclic) bond motifs is 1. The van der Waals surface area contributed by atoms with Crippen LogP contribution in [0.2, 0.25) is 0 Å². The molecule has 0 aliphatic carbocycles. The SMILES string of the molecule is CC(C)(C)c1nc(=O)n(CCI2CCOCC2)c2ccccc12. The maximum atomic E-state index is 12.6. The van der Waals surface area contributed by atoms with E-state index in [1.165, 1.54) is 13.3 Å². The van der Waals surface area contributed by atoms with Gasteiger partial charge in [-0.1, -0.05) is 0 Å². The first-order chi connectivity index (χ1) is 11.0. The van der Waals surface area contributed by atoms with E-state index in [0.29, 0.717) is 0 Å². The van der Waals surface area contributed by atoms with Gasteiger partial charge in [-0.05, 0) is 0 Å². The molecule has 1 aromatic heterocycles. The molecule has 0 N–H and O–H groups in total. The minimum atomic E-state index is -0.935. The zero-order valence-corrected chi connectivity index (χ0v) is 16.3. The van der Waals surface area contributed by atoms with Gasteiger partial charge in [0.25, 0.3) is 0 Å². The zero-order chi connectivity index (χ0) is 16.4. The summed E-state index contributed by atoms with van der Waals surface area (Å²) < 4.78 is 11.0. The number of benzene rings is 1. The average Bonchev–Trinajstić information content (AvgIpc) is 2.53. The Labute approximate surface area is 144 Å². The normalized spacial score (nSPS) is 17.6. The summed E-state index contributed by atoms with van der Waals surface area (Å²) in [5, 5.41) is 1.11. The molecule has 1 aromatic carbocycles. The third kappa shape index (κ3) is 3.76. The Morgan fingerprint density at radius 3 is 2.61 bits per heavy atom. The molecule has 5 heteroatoms. The van der Waals surface area contributed by atoms with Crippen LogP contribution in [0.4, 0.5) is 0 Å². The first-order valence-corrected chi connectivity index (χ1v) is 12.7. The average molecular weight is 428 g/mol. The van der Waals surface area contributed by atoms with Crippen LogP contribution in [0.3, 0.4) is 0 Å². The number of halogens is 1. The molecule has 1 fully saturated rings. The topological polar surface area (TPSA) is 44.1 Å². The van der Waals surface area contributed by atoms with E-state index >= 15 is 0 Å². The minimum absolute atomic E-state index is 0.0993. The fourth-order valence-corrected chi connectivity index (χ4v) is 7.58. The Kier molecular flexibility index (Phi) is 5.06. The Hall–Kier alpha value is -0.950. The van der Waals surface area contributed by atoms with E-state index in [0.717, 1.165) is 36.4 Å². The second kappa shape index (κ2) is 6.89. The van der Waals surface area contributed by atoms with E-state index in [9.17, 15) is 4.79 Å². The third-order valence-corrected chi connectivity index (χ3v) is 10.1. The molecule has 1 aliphatic rings. The number of rotatable bonds is 3. The van der Waals surface area contributed by atoms with Crippen molar-refractivity contribution in [3.05, 3.63) is 40.4 Å². The zero-order valence-electron chi connectivity index (χ0n) is 14.1. The van der Waals surface area contributed by atoms with Crippen molar-refractivity contribution in [3.8, 4) is 0 Å². The van der Waals surface area contributed by atoms with Gasteiger partial charge in [-0.3, -0.25) is 0 Å². The van der Waals surface area contributed by atoms with Gasteiger partial charge in [0.15, 0.2) is 0 Å². The molecule has 0 unspecified atom stereocenters. The van der Waals surface area contributed by atoms with Crippen molar-refractivity contribution in [2.75, 3.05) is 26.5 Å². The van der Waals surface area contributed by atoms with Gasteiger partial charge in [-0.15, -0.1) is 0 Å². The van der Waals surface area contributed by atoms with Gasteiger partial charge in [-0.2, -0.15) is 0 Å². The van der Waals surface area contributed by atoms with Crippen molar-refractivity contribution in [2.24, 2.45) is 0 Å². The van der Waals surface area contributed by atoms with Crippen LogP contribution in [0.5, 0.6) is 0 Å². The van der Waals surface area contributed by atoms with Crippen molar-refractivity contribution in [2.45, 2.75) is 32.7 Å². The van der Waals surface area contributed by atoms with Gasteiger partial charge in [0.2, 0.25) is 0 Å². The number of para-hydroxylation sites is 1. The number of nitrogens with zero attached hydrogens (tertiary/aromatic N) is 2.